The van der Waals surface area contributed by atoms with E-state index >= 15 is 0 Å². The maximum absolute atomic E-state index is 11.7. The van der Waals surface area contributed by atoms with E-state index in [1.165, 1.54) is 0 Å². The third-order valence-corrected chi connectivity index (χ3v) is 7.36. The van der Waals surface area contributed by atoms with Crippen molar-refractivity contribution in [3.63, 3.8) is 0 Å². The van der Waals surface area contributed by atoms with Gasteiger partial charge >= 0.3 is 109 Å². The molecule has 2 saturated heterocycles. The number of benzene rings is 1. The number of hydrogen-bond acceptors (Lipinski definition) is 5. The number of fused-ring (bicyclic) bond motifs is 2. The molecule has 0 bridgehead atoms. The SMILES string of the molecule is CC1CCOP23(NC(=O)OC2c2ccccc2O3)O1. The zero-order chi connectivity index (χ0) is 13.1. The van der Waals surface area contributed by atoms with Crippen LogP contribution in [0.1, 0.15) is 24.8 Å². The van der Waals surface area contributed by atoms with Crippen molar-refractivity contribution in [2.75, 3.05) is 6.61 Å². The molecule has 0 saturated carbocycles. The Morgan fingerprint density at radius 2 is 2.21 bits per heavy atom. The number of ether oxygens (including phenoxy) is 1. The van der Waals surface area contributed by atoms with E-state index in [2.05, 4.69) is 5.09 Å². The topological polar surface area (TPSA) is 66.0 Å². The van der Waals surface area contributed by atoms with Crippen LogP contribution in [0.25, 0.3) is 0 Å². The summed E-state index contributed by atoms with van der Waals surface area (Å²) in [4.78, 5) is 11.7. The number of para-hydroxylation sites is 1. The third-order valence-electron chi connectivity index (χ3n) is 3.61. The van der Waals surface area contributed by atoms with Crippen LogP contribution in [0, 0.1) is 0 Å². The molecule has 4 rings (SSSR count). The normalized spacial score (nSPS) is 35.2. The molecule has 0 aromatic heterocycles. The van der Waals surface area contributed by atoms with Gasteiger partial charge in [0.25, 0.3) is 0 Å². The summed E-state index contributed by atoms with van der Waals surface area (Å²) >= 11 is 0. The van der Waals surface area contributed by atoms with Crippen LogP contribution in [0.4, 0.5) is 4.79 Å². The van der Waals surface area contributed by atoms with Gasteiger partial charge in [0.05, 0.1) is 0 Å². The van der Waals surface area contributed by atoms with Gasteiger partial charge in [-0.1, -0.05) is 0 Å². The van der Waals surface area contributed by atoms with Crippen molar-refractivity contribution in [1.82, 2.24) is 5.09 Å². The Morgan fingerprint density at radius 1 is 1.37 bits per heavy atom. The second kappa shape index (κ2) is 3.39. The molecule has 3 aliphatic rings. The first-order chi connectivity index (χ1) is 9.11. The van der Waals surface area contributed by atoms with E-state index in [4.69, 9.17) is 18.3 Å². The van der Waals surface area contributed by atoms with Crippen molar-refractivity contribution >= 4 is 13.5 Å². The number of carbonyl (C=O) groups is 1. The molecule has 1 amide bonds. The Balaban J connectivity index is 1.89. The van der Waals surface area contributed by atoms with Crippen LogP contribution in [0.5, 0.6) is 5.75 Å². The summed E-state index contributed by atoms with van der Waals surface area (Å²) in [5.41, 5.74) is 0.799. The molecular weight excluding hydrogens is 269 g/mol. The summed E-state index contributed by atoms with van der Waals surface area (Å²) in [5.74, 6) is 0.0247. The average Bonchev–Trinajstić information content (AvgIpc) is 2.75. The fourth-order valence-corrected chi connectivity index (χ4v) is 6.72. The van der Waals surface area contributed by atoms with E-state index in [1.807, 2.05) is 31.2 Å². The number of carbonyl (C=O) groups excluding carboxylic acids is 1. The van der Waals surface area contributed by atoms with E-state index < -0.39 is 19.4 Å². The molecule has 3 aliphatic heterocycles. The van der Waals surface area contributed by atoms with E-state index in [0.29, 0.717) is 12.4 Å². The molecule has 1 N–H and O–H groups in total. The zero-order valence-electron chi connectivity index (χ0n) is 10.4. The maximum atomic E-state index is 11.7. The van der Waals surface area contributed by atoms with E-state index in [1.54, 1.807) is 0 Å². The van der Waals surface area contributed by atoms with Gasteiger partial charge in [-0.05, 0) is 0 Å². The molecule has 19 heavy (non-hydrogen) atoms. The van der Waals surface area contributed by atoms with Crippen LogP contribution in [0.15, 0.2) is 24.3 Å². The molecule has 2 atom stereocenters. The first-order valence-corrected chi connectivity index (χ1v) is 8.31. The van der Waals surface area contributed by atoms with Gasteiger partial charge in [-0.3, -0.25) is 0 Å². The summed E-state index contributed by atoms with van der Waals surface area (Å²) in [6, 6.07) is 7.44. The molecule has 7 heteroatoms. The number of hydrogen-bond donors (Lipinski definition) is 1. The van der Waals surface area contributed by atoms with Gasteiger partial charge in [-0.25, -0.2) is 0 Å². The van der Waals surface area contributed by atoms with Crippen molar-refractivity contribution in [3.05, 3.63) is 29.8 Å². The molecule has 2 unspecified atom stereocenters. The Hall–Kier alpha value is -1.36. The van der Waals surface area contributed by atoms with E-state index in [-0.39, 0.29) is 6.10 Å². The summed E-state index contributed by atoms with van der Waals surface area (Å²) in [6.45, 7) is 2.42. The van der Waals surface area contributed by atoms with Crippen LogP contribution in [-0.2, 0) is 13.8 Å². The van der Waals surface area contributed by atoms with Gasteiger partial charge in [0, 0.05) is 0 Å². The predicted octanol–water partition coefficient (Wildman–Crippen LogP) is 2.86. The quantitative estimate of drug-likeness (QED) is 0.742. The monoisotopic (exact) mass is 283 g/mol. The zero-order valence-corrected chi connectivity index (χ0v) is 11.3. The van der Waals surface area contributed by atoms with Gasteiger partial charge < -0.3 is 0 Å². The number of nitrogens with one attached hydrogen (secondary N) is 1. The Labute approximate surface area is 110 Å². The summed E-state index contributed by atoms with van der Waals surface area (Å²) in [5, 5.41) is 2.72. The second-order valence-corrected chi connectivity index (χ2v) is 8.21. The van der Waals surface area contributed by atoms with E-state index in [0.717, 1.165) is 12.0 Å². The molecule has 1 aromatic carbocycles. The van der Waals surface area contributed by atoms with Crippen LogP contribution in [-0.4, -0.2) is 18.8 Å². The number of amides is 1. The molecule has 0 aliphatic carbocycles. The Kier molecular flexibility index (Phi) is 2.05. The Morgan fingerprint density at radius 3 is 3.05 bits per heavy atom. The molecule has 102 valence electrons. The third kappa shape index (κ3) is 1.34. The van der Waals surface area contributed by atoms with Crippen molar-refractivity contribution in [2.45, 2.75) is 25.3 Å². The summed E-state index contributed by atoms with van der Waals surface area (Å²) in [7, 11) is -3.78. The molecule has 2 fully saturated rings. The van der Waals surface area contributed by atoms with Gasteiger partial charge in [0.15, 0.2) is 0 Å². The average molecular weight is 283 g/mol. The summed E-state index contributed by atoms with van der Waals surface area (Å²) < 4.78 is 23.3. The number of rotatable bonds is 0. The molecule has 3 heterocycles. The molecule has 1 aromatic rings. The first kappa shape index (κ1) is 11.5. The predicted molar refractivity (Wildman–Crippen MR) is 67.5 cm³/mol. The molecule has 1 spiro atoms. The minimum absolute atomic E-state index is 0.0507. The van der Waals surface area contributed by atoms with Crippen LogP contribution in [0.2, 0.25) is 0 Å². The molecule has 6 nitrogen and oxygen atoms in total. The minimum atomic E-state index is -3.78. The fraction of sp³-hybridized carbons (Fsp3) is 0.417. The van der Waals surface area contributed by atoms with Crippen LogP contribution < -0.4 is 9.61 Å². The van der Waals surface area contributed by atoms with Crippen molar-refractivity contribution < 1.29 is 23.1 Å². The van der Waals surface area contributed by atoms with E-state index in [9.17, 15) is 4.79 Å². The molecular formula is C12H14NO5P. The van der Waals surface area contributed by atoms with Crippen LogP contribution in [0.3, 0.4) is 0 Å². The standard InChI is InChI=1S/C12H14NO5P/c1-8-6-7-15-19(17-8)11(16-12(14)13-19)9-4-2-3-5-10(9)18-19/h2-5,8,11H,6-7H2,1H3,(H,13,14). The second-order valence-electron chi connectivity index (χ2n) is 4.98. The fourth-order valence-electron chi connectivity index (χ4n) is 2.81. The van der Waals surface area contributed by atoms with Gasteiger partial charge in [0.2, 0.25) is 0 Å². The van der Waals surface area contributed by atoms with Crippen molar-refractivity contribution in [3.8, 4) is 5.75 Å². The van der Waals surface area contributed by atoms with Gasteiger partial charge in [0.1, 0.15) is 0 Å². The van der Waals surface area contributed by atoms with Crippen LogP contribution >= 0.6 is 7.43 Å². The van der Waals surface area contributed by atoms with Crippen molar-refractivity contribution in [1.29, 1.82) is 0 Å². The first-order valence-electron chi connectivity index (χ1n) is 6.25. The van der Waals surface area contributed by atoms with Gasteiger partial charge in [-0.15, -0.1) is 0 Å². The molecule has 0 radical (unpaired) electrons. The summed E-state index contributed by atoms with van der Waals surface area (Å²) in [6.07, 6.45) is 0.164. The van der Waals surface area contributed by atoms with Crippen molar-refractivity contribution in [2.24, 2.45) is 0 Å². The Bertz CT molecular complexity index is 581. The van der Waals surface area contributed by atoms with Gasteiger partial charge in [-0.2, -0.15) is 0 Å².